The van der Waals surface area contributed by atoms with E-state index in [1.165, 1.54) is 5.56 Å². The Labute approximate surface area is 146 Å². The molecule has 1 aromatic carbocycles. The maximum Gasteiger partial charge on any atom is 0.410 e. The smallest absolute Gasteiger partial charge is 0.410 e. The second-order valence-corrected chi connectivity index (χ2v) is 6.80. The predicted molar refractivity (Wildman–Crippen MR) is 97.3 cm³/mol. The van der Waals surface area contributed by atoms with Crippen LogP contribution < -0.4 is 5.32 Å². The first kappa shape index (κ1) is 20.5. The Morgan fingerprint density at radius 1 is 1.12 bits per heavy atom. The summed E-state index contributed by atoms with van der Waals surface area (Å²) in [7, 11) is 1.63. The fourth-order valence-corrected chi connectivity index (χ4v) is 2.22. The lowest BCUT2D eigenvalue weighted by molar-refractivity contribution is 0.0204. The van der Waals surface area contributed by atoms with Crippen LogP contribution in [0.3, 0.4) is 0 Å². The van der Waals surface area contributed by atoms with Gasteiger partial charge in [0.15, 0.2) is 0 Å². The highest BCUT2D eigenvalue weighted by Gasteiger charge is 2.21. The van der Waals surface area contributed by atoms with Gasteiger partial charge >= 0.3 is 6.09 Å². The van der Waals surface area contributed by atoms with E-state index in [0.717, 1.165) is 25.9 Å². The van der Waals surface area contributed by atoms with Crippen molar-refractivity contribution in [2.24, 2.45) is 0 Å². The van der Waals surface area contributed by atoms with Gasteiger partial charge in [0.2, 0.25) is 0 Å². The number of amides is 1. The number of hydrogen-bond acceptors (Lipinski definition) is 4. The minimum atomic E-state index is -0.481. The molecule has 5 nitrogen and oxygen atoms in total. The van der Waals surface area contributed by atoms with E-state index in [1.54, 1.807) is 12.0 Å². The molecule has 1 N–H and O–H groups in total. The molecule has 0 heterocycles. The summed E-state index contributed by atoms with van der Waals surface area (Å²) in [5.41, 5.74) is 0.876. The van der Waals surface area contributed by atoms with Crippen molar-refractivity contribution in [2.75, 3.05) is 39.9 Å². The van der Waals surface area contributed by atoms with Gasteiger partial charge < -0.3 is 19.7 Å². The fraction of sp³-hybridized carbons (Fsp3) is 0.632. The summed E-state index contributed by atoms with van der Waals surface area (Å²) in [5, 5.41) is 3.39. The summed E-state index contributed by atoms with van der Waals surface area (Å²) in [6.07, 6.45) is 1.85. The number of ether oxygens (including phenoxy) is 2. The molecule has 1 aromatic rings. The van der Waals surface area contributed by atoms with Crippen LogP contribution in [0.4, 0.5) is 4.79 Å². The van der Waals surface area contributed by atoms with Gasteiger partial charge in [-0.05, 0) is 45.7 Å². The molecule has 0 bridgehead atoms. The monoisotopic (exact) mass is 336 g/mol. The summed E-state index contributed by atoms with van der Waals surface area (Å²) >= 11 is 0. The van der Waals surface area contributed by atoms with Crippen molar-refractivity contribution in [3.8, 4) is 0 Å². The predicted octanol–water partition coefficient (Wildman–Crippen LogP) is 3.09. The first-order chi connectivity index (χ1) is 11.4. The molecule has 0 saturated carbocycles. The lowest BCUT2D eigenvalue weighted by Gasteiger charge is -2.27. The van der Waals surface area contributed by atoms with Crippen LogP contribution in [0.1, 0.15) is 32.8 Å². The molecule has 0 radical (unpaired) electrons. The van der Waals surface area contributed by atoms with Gasteiger partial charge in [-0.1, -0.05) is 30.3 Å². The molecule has 0 aliphatic heterocycles. The normalized spacial score (nSPS) is 11.3. The van der Waals surface area contributed by atoms with Crippen LogP contribution in [0, 0.1) is 0 Å². The van der Waals surface area contributed by atoms with Crippen molar-refractivity contribution in [3.63, 3.8) is 0 Å². The van der Waals surface area contributed by atoms with E-state index in [0.29, 0.717) is 19.7 Å². The van der Waals surface area contributed by atoms with Crippen molar-refractivity contribution in [2.45, 2.75) is 39.2 Å². The summed E-state index contributed by atoms with van der Waals surface area (Å²) in [6, 6.07) is 10.5. The Morgan fingerprint density at radius 2 is 1.83 bits per heavy atom. The molecule has 5 heteroatoms. The van der Waals surface area contributed by atoms with Crippen LogP contribution >= 0.6 is 0 Å². The highest BCUT2D eigenvalue weighted by Crippen LogP contribution is 2.09. The van der Waals surface area contributed by atoms with Crippen LogP contribution in [-0.2, 0) is 15.9 Å². The average Bonchev–Trinajstić information content (AvgIpc) is 2.52. The first-order valence-electron chi connectivity index (χ1n) is 8.64. The summed E-state index contributed by atoms with van der Waals surface area (Å²) < 4.78 is 10.5. The van der Waals surface area contributed by atoms with E-state index < -0.39 is 5.60 Å². The highest BCUT2D eigenvalue weighted by atomic mass is 16.6. The molecule has 0 unspecified atom stereocenters. The van der Waals surface area contributed by atoms with Crippen LogP contribution in [0.5, 0.6) is 0 Å². The largest absolute Gasteiger partial charge is 0.444 e. The van der Waals surface area contributed by atoms with Crippen LogP contribution in [-0.4, -0.2) is 56.5 Å². The zero-order valence-corrected chi connectivity index (χ0v) is 15.5. The molecule has 0 aliphatic rings. The maximum absolute atomic E-state index is 12.2. The highest BCUT2D eigenvalue weighted by molar-refractivity contribution is 5.68. The van der Waals surface area contributed by atoms with E-state index in [2.05, 4.69) is 29.6 Å². The van der Waals surface area contributed by atoms with Crippen molar-refractivity contribution in [3.05, 3.63) is 35.9 Å². The van der Waals surface area contributed by atoms with E-state index in [-0.39, 0.29) is 6.09 Å². The molecule has 0 aliphatic carbocycles. The molecular formula is C19H32N2O3. The lowest BCUT2D eigenvalue weighted by Crippen LogP contribution is -2.42. The van der Waals surface area contributed by atoms with E-state index in [1.807, 2.05) is 26.8 Å². The van der Waals surface area contributed by atoms with E-state index in [4.69, 9.17) is 9.47 Å². The Hall–Kier alpha value is -1.59. The van der Waals surface area contributed by atoms with Crippen LogP contribution in [0.25, 0.3) is 0 Å². The summed E-state index contributed by atoms with van der Waals surface area (Å²) in [6.45, 7) is 8.97. The number of aryl methyl sites for hydroxylation is 1. The number of rotatable bonds is 10. The Balaban J connectivity index is 2.25. The minimum absolute atomic E-state index is 0.286. The van der Waals surface area contributed by atoms with Gasteiger partial charge in [0.25, 0.3) is 0 Å². The van der Waals surface area contributed by atoms with Crippen molar-refractivity contribution in [1.82, 2.24) is 10.2 Å². The third-order valence-electron chi connectivity index (χ3n) is 3.44. The number of carbonyl (C=O) groups is 1. The maximum atomic E-state index is 12.2. The first-order valence-corrected chi connectivity index (χ1v) is 8.64. The van der Waals surface area contributed by atoms with Gasteiger partial charge in [-0.15, -0.1) is 0 Å². The van der Waals surface area contributed by atoms with Crippen molar-refractivity contribution >= 4 is 6.09 Å². The van der Waals surface area contributed by atoms with E-state index >= 15 is 0 Å². The number of methoxy groups -OCH3 is 1. The SMILES string of the molecule is COCCN(CCNCCCc1ccccc1)C(=O)OC(C)(C)C. The van der Waals surface area contributed by atoms with Gasteiger partial charge in [-0.3, -0.25) is 0 Å². The fourth-order valence-electron chi connectivity index (χ4n) is 2.22. The topological polar surface area (TPSA) is 50.8 Å². The molecule has 0 spiro atoms. The molecule has 0 fully saturated rings. The van der Waals surface area contributed by atoms with Crippen LogP contribution in [0.15, 0.2) is 30.3 Å². The summed E-state index contributed by atoms with van der Waals surface area (Å²) in [4.78, 5) is 13.9. The molecule has 1 amide bonds. The molecule has 136 valence electrons. The van der Waals surface area contributed by atoms with Gasteiger partial charge in [0.05, 0.1) is 6.61 Å². The number of carbonyl (C=O) groups excluding carboxylic acids is 1. The molecule has 24 heavy (non-hydrogen) atoms. The Bertz CT molecular complexity index is 457. The van der Waals surface area contributed by atoms with Crippen molar-refractivity contribution < 1.29 is 14.3 Å². The standard InChI is InChI=1S/C19H32N2O3/c1-19(2,3)24-18(22)21(15-16-23-4)14-13-20-12-8-11-17-9-6-5-7-10-17/h5-7,9-10,20H,8,11-16H2,1-4H3. The zero-order chi connectivity index (χ0) is 17.8. The third-order valence-corrected chi connectivity index (χ3v) is 3.44. The van der Waals surface area contributed by atoms with Gasteiger partial charge in [-0.2, -0.15) is 0 Å². The third kappa shape index (κ3) is 9.53. The quantitative estimate of drug-likeness (QED) is 0.667. The number of nitrogens with one attached hydrogen (secondary N) is 1. The molecule has 1 rings (SSSR count). The molecular weight excluding hydrogens is 304 g/mol. The second kappa shape index (κ2) is 11.0. The van der Waals surface area contributed by atoms with Gasteiger partial charge in [0, 0.05) is 26.7 Å². The lowest BCUT2D eigenvalue weighted by atomic mass is 10.1. The zero-order valence-electron chi connectivity index (χ0n) is 15.5. The second-order valence-electron chi connectivity index (χ2n) is 6.80. The molecule has 0 aromatic heterocycles. The summed E-state index contributed by atoms with van der Waals surface area (Å²) in [5.74, 6) is 0. The van der Waals surface area contributed by atoms with Gasteiger partial charge in [-0.25, -0.2) is 4.79 Å². The minimum Gasteiger partial charge on any atom is -0.444 e. The number of hydrogen-bond donors (Lipinski definition) is 1. The van der Waals surface area contributed by atoms with Crippen LogP contribution in [0.2, 0.25) is 0 Å². The van der Waals surface area contributed by atoms with Crippen molar-refractivity contribution in [1.29, 1.82) is 0 Å². The Morgan fingerprint density at radius 3 is 2.46 bits per heavy atom. The molecule has 0 saturated heterocycles. The molecule has 0 atom stereocenters. The Kier molecular flexibility index (Phi) is 9.42. The average molecular weight is 336 g/mol. The number of nitrogens with zero attached hydrogens (tertiary/aromatic N) is 1. The van der Waals surface area contributed by atoms with Gasteiger partial charge in [0.1, 0.15) is 5.60 Å². The van der Waals surface area contributed by atoms with E-state index in [9.17, 15) is 4.79 Å². The number of benzene rings is 1.